The summed E-state index contributed by atoms with van der Waals surface area (Å²) in [5.41, 5.74) is 0.772. The Balaban J connectivity index is 3.97. The van der Waals surface area contributed by atoms with Crippen LogP contribution in [0.4, 0.5) is 0 Å². The summed E-state index contributed by atoms with van der Waals surface area (Å²) >= 11 is 0. The Morgan fingerprint density at radius 2 is 1.26 bits per heavy atom. The molecule has 0 amide bonds. The lowest BCUT2D eigenvalue weighted by Gasteiger charge is -2.54. The van der Waals surface area contributed by atoms with E-state index in [9.17, 15) is 9.59 Å². The number of ether oxygens (including phenoxy) is 2. The van der Waals surface area contributed by atoms with Crippen molar-refractivity contribution in [2.24, 2.45) is 5.92 Å². The van der Waals surface area contributed by atoms with E-state index in [-0.39, 0.29) is 27.5 Å². The highest BCUT2D eigenvalue weighted by Gasteiger charge is 2.66. The topological polar surface area (TPSA) is 52.6 Å². The molecule has 0 N–H and O–H groups in total. The Bertz CT molecular complexity index is 520. The van der Waals surface area contributed by atoms with Crippen molar-refractivity contribution in [1.82, 2.24) is 0 Å². The van der Waals surface area contributed by atoms with Gasteiger partial charge in [0.2, 0.25) is 0 Å². The Labute approximate surface area is 141 Å². The van der Waals surface area contributed by atoms with Gasteiger partial charge in [0.15, 0.2) is 0 Å². The van der Waals surface area contributed by atoms with Crippen molar-refractivity contribution in [2.45, 2.75) is 71.0 Å². The minimum atomic E-state index is -2.45. The second kappa shape index (κ2) is 6.08. The van der Waals surface area contributed by atoms with Crippen LogP contribution in [-0.2, 0) is 19.1 Å². The van der Waals surface area contributed by atoms with Gasteiger partial charge in [0, 0.05) is 10.8 Å². The van der Waals surface area contributed by atoms with E-state index in [1.165, 1.54) is 14.2 Å². The maximum absolute atomic E-state index is 12.8. The van der Waals surface area contributed by atoms with Gasteiger partial charge in [-0.05, 0) is 21.5 Å². The van der Waals surface area contributed by atoms with E-state index in [4.69, 9.17) is 9.47 Å². The molecule has 1 rings (SSSR count). The highest BCUT2D eigenvalue weighted by molar-refractivity contribution is 6.97. The van der Waals surface area contributed by atoms with Crippen LogP contribution in [0.2, 0.25) is 15.6 Å². The Morgan fingerprint density at radius 1 is 0.870 bits per heavy atom. The summed E-state index contributed by atoms with van der Waals surface area (Å²) in [5, 5.41) is 0.433. The van der Waals surface area contributed by atoms with Gasteiger partial charge in [-0.25, -0.2) is 9.59 Å². The molecule has 0 radical (unpaired) electrons. The van der Waals surface area contributed by atoms with Gasteiger partial charge in [-0.2, -0.15) is 0 Å². The minimum Gasteiger partial charge on any atom is -0.466 e. The fourth-order valence-electron chi connectivity index (χ4n) is 5.30. The molecule has 0 aromatic carbocycles. The van der Waals surface area contributed by atoms with Crippen LogP contribution < -0.4 is 0 Å². The lowest BCUT2D eigenvalue weighted by Crippen LogP contribution is -2.57. The van der Waals surface area contributed by atoms with Gasteiger partial charge < -0.3 is 9.47 Å². The summed E-state index contributed by atoms with van der Waals surface area (Å²) in [6.07, 6.45) is 0. The molecule has 0 fully saturated rings. The van der Waals surface area contributed by atoms with Crippen LogP contribution in [0.1, 0.15) is 55.4 Å². The number of carbonyl (C=O) groups is 2. The first-order valence-electron chi connectivity index (χ1n) is 8.20. The Morgan fingerprint density at radius 3 is 1.57 bits per heavy atom. The van der Waals surface area contributed by atoms with E-state index in [2.05, 4.69) is 48.5 Å². The molecule has 0 bridgehead atoms. The molecule has 23 heavy (non-hydrogen) atoms. The molecule has 0 unspecified atom stereocenters. The molecule has 1 aliphatic heterocycles. The molecular formula is C18H32O4Si. The zero-order valence-corrected chi connectivity index (χ0v) is 17.3. The van der Waals surface area contributed by atoms with Gasteiger partial charge in [0.05, 0.1) is 14.2 Å². The van der Waals surface area contributed by atoms with E-state index in [1.54, 1.807) is 0 Å². The van der Waals surface area contributed by atoms with Gasteiger partial charge in [0.1, 0.15) is 8.07 Å². The monoisotopic (exact) mass is 340 g/mol. The number of carbonyl (C=O) groups excluding carboxylic acids is 2. The van der Waals surface area contributed by atoms with Crippen molar-refractivity contribution >= 4 is 20.0 Å². The third kappa shape index (κ3) is 2.67. The van der Waals surface area contributed by atoms with Crippen LogP contribution in [0.15, 0.2) is 10.8 Å². The Hall–Kier alpha value is -1.10. The van der Waals surface area contributed by atoms with Gasteiger partial charge >= 0.3 is 11.9 Å². The molecule has 0 aliphatic carbocycles. The molecule has 4 nitrogen and oxygen atoms in total. The fourth-order valence-corrected chi connectivity index (χ4v) is 14.3. The zero-order chi connectivity index (χ0) is 18.4. The molecule has 0 saturated carbocycles. The first-order chi connectivity index (χ1) is 10.3. The predicted octanol–water partition coefficient (Wildman–Crippen LogP) is 4.26. The number of hydrogen-bond donors (Lipinski definition) is 0. The second-order valence-electron chi connectivity index (χ2n) is 8.66. The maximum Gasteiger partial charge on any atom is 0.334 e. The SMILES string of the molecule is COC(=O)C1=C(C(=O)OC)[Si](C(C)(C)C)(C(C)(C)C)[C@H](C)[C@@H]1C. The molecule has 0 spiro atoms. The zero-order valence-electron chi connectivity index (χ0n) is 16.3. The summed E-state index contributed by atoms with van der Waals surface area (Å²) < 4.78 is 10.1. The number of hydrogen-bond acceptors (Lipinski definition) is 4. The molecule has 5 heteroatoms. The average Bonchev–Trinajstić information content (AvgIpc) is 2.66. The van der Waals surface area contributed by atoms with E-state index in [1.807, 2.05) is 6.92 Å². The molecular weight excluding hydrogens is 308 g/mol. The normalized spacial score (nSPS) is 24.6. The van der Waals surface area contributed by atoms with Gasteiger partial charge in [-0.15, -0.1) is 0 Å². The smallest absolute Gasteiger partial charge is 0.334 e. The summed E-state index contributed by atoms with van der Waals surface area (Å²) in [4.78, 5) is 25.3. The van der Waals surface area contributed by atoms with Crippen LogP contribution in [0.25, 0.3) is 0 Å². The number of methoxy groups -OCH3 is 2. The van der Waals surface area contributed by atoms with Crippen LogP contribution in [0, 0.1) is 5.92 Å². The second-order valence-corrected chi connectivity index (χ2v) is 14.7. The van der Waals surface area contributed by atoms with E-state index < -0.39 is 14.0 Å². The lowest BCUT2D eigenvalue weighted by atomic mass is 9.98. The largest absolute Gasteiger partial charge is 0.466 e. The van der Waals surface area contributed by atoms with Crippen molar-refractivity contribution < 1.29 is 19.1 Å². The maximum atomic E-state index is 12.8. The molecule has 0 saturated heterocycles. The summed E-state index contributed by atoms with van der Waals surface area (Å²) in [6.45, 7) is 17.4. The first kappa shape index (κ1) is 19.9. The van der Waals surface area contributed by atoms with Crippen LogP contribution in [0.3, 0.4) is 0 Å². The van der Waals surface area contributed by atoms with Gasteiger partial charge in [-0.3, -0.25) is 0 Å². The van der Waals surface area contributed by atoms with Crippen LogP contribution in [-0.4, -0.2) is 34.2 Å². The van der Waals surface area contributed by atoms with Crippen molar-refractivity contribution in [2.75, 3.05) is 14.2 Å². The molecule has 2 atom stereocenters. The highest BCUT2D eigenvalue weighted by Crippen LogP contribution is 2.66. The van der Waals surface area contributed by atoms with Crippen molar-refractivity contribution in [1.29, 1.82) is 0 Å². The average molecular weight is 341 g/mol. The third-order valence-corrected chi connectivity index (χ3v) is 13.6. The Kier molecular flexibility index (Phi) is 5.27. The summed E-state index contributed by atoms with van der Waals surface area (Å²) in [6, 6.07) is 0. The number of rotatable bonds is 2. The third-order valence-electron chi connectivity index (χ3n) is 5.71. The van der Waals surface area contributed by atoms with Crippen molar-refractivity contribution in [3.8, 4) is 0 Å². The fraction of sp³-hybridized carbons (Fsp3) is 0.778. The van der Waals surface area contributed by atoms with Gasteiger partial charge in [-0.1, -0.05) is 55.4 Å². The number of esters is 2. The predicted molar refractivity (Wildman–Crippen MR) is 94.8 cm³/mol. The van der Waals surface area contributed by atoms with E-state index >= 15 is 0 Å². The van der Waals surface area contributed by atoms with Gasteiger partial charge in [0.25, 0.3) is 0 Å². The van der Waals surface area contributed by atoms with E-state index in [0.717, 1.165) is 0 Å². The summed E-state index contributed by atoms with van der Waals surface area (Å²) in [7, 11) is 0.310. The first-order valence-corrected chi connectivity index (χ1v) is 10.3. The minimum absolute atomic E-state index is 0.0123. The molecule has 0 aromatic heterocycles. The van der Waals surface area contributed by atoms with Crippen LogP contribution in [0.5, 0.6) is 0 Å². The molecule has 132 valence electrons. The molecule has 1 aliphatic rings. The standard InChI is InChI=1S/C18H32O4Si/c1-11-12(2)23(17(3,4)5,18(6,7)8)14(16(20)22-10)13(11)15(19)21-9/h11-12H,1-10H3/t11-,12+/m0/s1. The summed E-state index contributed by atoms with van der Waals surface area (Å²) in [5.74, 6) is -0.771. The molecule has 1 heterocycles. The molecule has 0 aromatic rings. The highest BCUT2D eigenvalue weighted by atomic mass is 28.3. The quantitative estimate of drug-likeness (QED) is 0.557. The van der Waals surface area contributed by atoms with Crippen LogP contribution >= 0.6 is 0 Å². The van der Waals surface area contributed by atoms with E-state index in [0.29, 0.717) is 10.8 Å². The van der Waals surface area contributed by atoms with Crippen molar-refractivity contribution in [3.05, 3.63) is 10.8 Å². The lowest BCUT2D eigenvalue weighted by molar-refractivity contribution is -0.139. The van der Waals surface area contributed by atoms with Crippen molar-refractivity contribution in [3.63, 3.8) is 0 Å².